The van der Waals surface area contributed by atoms with Gasteiger partial charge in [0.25, 0.3) is 5.91 Å². The number of hydrazone groups is 1. The molecule has 32 heavy (non-hydrogen) atoms. The predicted octanol–water partition coefficient (Wildman–Crippen LogP) is 3.24. The zero-order chi connectivity index (χ0) is 23.3. The topological polar surface area (TPSA) is 127 Å². The lowest BCUT2D eigenvalue weighted by atomic mass is 10.0. The van der Waals surface area contributed by atoms with E-state index >= 15 is 0 Å². The fourth-order valence-electron chi connectivity index (χ4n) is 3.42. The molecule has 0 aliphatic carbocycles. The van der Waals surface area contributed by atoms with E-state index in [2.05, 4.69) is 10.4 Å². The second-order valence-electron chi connectivity index (χ2n) is 7.83. The number of rotatable bonds is 8. The molecule has 1 aromatic heterocycles. The molecule has 2 unspecified atom stereocenters. The molecule has 9 nitrogen and oxygen atoms in total. The number of halogens is 1. The number of primary amides is 1. The van der Waals surface area contributed by atoms with Gasteiger partial charge in [-0.15, -0.1) is 0 Å². The summed E-state index contributed by atoms with van der Waals surface area (Å²) >= 11 is 5.96. The lowest BCUT2D eigenvalue weighted by Crippen LogP contribution is -2.46. The van der Waals surface area contributed by atoms with Gasteiger partial charge in [-0.25, -0.2) is 14.6 Å². The van der Waals surface area contributed by atoms with Crippen LogP contribution in [0, 0.1) is 5.92 Å². The summed E-state index contributed by atoms with van der Waals surface area (Å²) in [6.07, 6.45) is 2.27. The monoisotopic (exact) mass is 460 g/mol. The van der Waals surface area contributed by atoms with Crippen LogP contribution in [-0.2, 0) is 14.3 Å². The van der Waals surface area contributed by atoms with Gasteiger partial charge in [-0.1, -0.05) is 37.6 Å². The molecule has 3 rings (SSSR count). The molecule has 0 saturated carbocycles. The number of nitrogens with zero attached hydrogens (tertiary/aromatic N) is 2. The van der Waals surface area contributed by atoms with Crippen molar-refractivity contribution in [2.24, 2.45) is 16.8 Å². The third kappa shape index (κ3) is 5.88. The third-order valence-electron chi connectivity index (χ3n) is 4.86. The molecule has 1 aliphatic heterocycles. The first kappa shape index (κ1) is 23.3. The predicted molar refractivity (Wildman–Crippen MR) is 118 cm³/mol. The average Bonchev–Trinajstić information content (AvgIpc) is 3.41. The van der Waals surface area contributed by atoms with Gasteiger partial charge in [-0.3, -0.25) is 4.79 Å². The van der Waals surface area contributed by atoms with Crippen molar-refractivity contribution in [2.45, 2.75) is 38.8 Å². The molecule has 0 spiro atoms. The van der Waals surface area contributed by atoms with E-state index in [9.17, 15) is 14.4 Å². The lowest BCUT2D eigenvalue weighted by molar-refractivity contribution is -0.154. The molecule has 0 bridgehead atoms. The van der Waals surface area contributed by atoms with Crippen LogP contribution in [0.4, 0.5) is 4.79 Å². The zero-order valence-electron chi connectivity index (χ0n) is 17.8. The highest BCUT2D eigenvalue weighted by Gasteiger charge is 2.35. The van der Waals surface area contributed by atoms with Crippen LogP contribution in [-0.4, -0.2) is 41.3 Å². The molecular formula is C22H25ClN4O5. The maximum absolute atomic E-state index is 12.9. The van der Waals surface area contributed by atoms with Crippen LogP contribution >= 0.6 is 11.6 Å². The molecule has 10 heteroatoms. The van der Waals surface area contributed by atoms with E-state index in [-0.39, 0.29) is 5.92 Å². The fourth-order valence-corrected chi connectivity index (χ4v) is 3.54. The van der Waals surface area contributed by atoms with Gasteiger partial charge in [0.05, 0.1) is 12.0 Å². The van der Waals surface area contributed by atoms with Crippen molar-refractivity contribution in [3.8, 4) is 0 Å². The van der Waals surface area contributed by atoms with E-state index in [1.165, 1.54) is 11.3 Å². The number of furan rings is 1. The highest BCUT2D eigenvalue weighted by molar-refractivity contribution is 6.30. The van der Waals surface area contributed by atoms with Crippen molar-refractivity contribution in [2.75, 3.05) is 6.61 Å². The van der Waals surface area contributed by atoms with Crippen LogP contribution in [0.2, 0.25) is 5.02 Å². The number of esters is 1. The number of nitrogens with one attached hydrogen (secondary N) is 1. The van der Waals surface area contributed by atoms with Crippen LogP contribution in [0.5, 0.6) is 0 Å². The van der Waals surface area contributed by atoms with E-state index < -0.39 is 36.6 Å². The van der Waals surface area contributed by atoms with Crippen molar-refractivity contribution in [1.29, 1.82) is 0 Å². The number of carbonyl (C=O) groups excluding carboxylic acids is 3. The number of carbonyl (C=O) groups is 3. The summed E-state index contributed by atoms with van der Waals surface area (Å²) in [4.78, 5) is 36.6. The number of benzene rings is 1. The summed E-state index contributed by atoms with van der Waals surface area (Å²) in [5, 5.41) is 8.67. The molecule has 2 atom stereocenters. The van der Waals surface area contributed by atoms with Gasteiger partial charge < -0.3 is 20.2 Å². The minimum atomic E-state index is -0.937. The molecule has 0 saturated heterocycles. The summed E-state index contributed by atoms with van der Waals surface area (Å²) in [7, 11) is 0. The molecule has 0 radical (unpaired) electrons. The van der Waals surface area contributed by atoms with E-state index in [0.717, 1.165) is 5.56 Å². The van der Waals surface area contributed by atoms with Crippen LogP contribution in [0.25, 0.3) is 0 Å². The van der Waals surface area contributed by atoms with Crippen LogP contribution < -0.4 is 11.1 Å². The maximum Gasteiger partial charge on any atom is 0.329 e. The maximum atomic E-state index is 12.9. The van der Waals surface area contributed by atoms with Gasteiger partial charge in [-0.2, -0.15) is 5.10 Å². The highest BCUT2D eigenvalue weighted by Crippen LogP contribution is 2.33. The van der Waals surface area contributed by atoms with Gasteiger partial charge in [0.15, 0.2) is 6.61 Å². The number of nitrogens with two attached hydrogens (primary N) is 1. The number of urea groups is 1. The first-order valence-electron chi connectivity index (χ1n) is 10.2. The van der Waals surface area contributed by atoms with E-state index in [1.807, 2.05) is 26.0 Å². The van der Waals surface area contributed by atoms with E-state index in [4.69, 9.17) is 26.5 Å². The van der Waals surface area contributed by atoms with Gasteiger partial charge in [0.1, 0.15) is 17.8 Å². The Morgan fingerprint density at radius 1 is 1.28 bits per heavy atom. The largest absolute Gasteiger partial charge is 0.467 e. The van der Waals surface area contributed by atoms with Gasteiger partial charge in [0, 0.05) is 11.4 Å². The molecule has 1 aliphatic rings. The first-order valence-corrected chi connectivity index (χ1v) is 10.5. The summed E-state index contributed by atoms with van der Waals surface area (Å²) in [5.74, 6) is -0.596. The summed E-state index contributed by atoms with van der Waals surface area (Å²) < 4.78 is 10.7. The highest BCUT2D eigenvalue weighted by atomic mass is 35.5. The van der Waals surface area contributed by atoms with Crippen LogP contribution in [0.1, 0.15) is 44.1 Å². The summed E-state index contributed by atoms with van der Waals surface area (Å²) in [6, 6.07) is 8.36. The van der Waals surface area contributed by atoms with Crippen LogP contribution in [0.3, 0.4) is 0 Å². The normalized spacial score (nSPS) is 16.6. The smallest absolute Gasteiger partial charge is 0.329 e. The standard InChI is InChI=1S/C22H25ClN4O5/c1-13(2)10-17(25-22(24)30)21(29)32-12-20(28)27-18(19-4-3-9-31-19)11-16(26-27)14-5-7-15(23)8-6-14/h3-9,13,17-18H,10-12H2,1-2H3,(H3,24,25,30). The number of amides is 3. The van der Waals surface area contributed by atoms with E-state index in [1.54, 1.807) is 24.3 Å². The van der Waals surface area contributed by atoms with Crippen molar-refractivity contribution in [1.82, 2.24) is 10.3 Å². The second kappa shape index (κ2) is 10.3. The minimum absolute atomic E-state index is 0.101. The van der Waals surface area contributed by atoms with Crippen molar-refractivity contribution in [3.05, 3.63) is 59.0 Å². The molecule has 2 aromatic rings. The van der Waals surface area contributed by atoms with E-state index in [0.29, 0.717) is 29.3 Å². The average molecular weight is 461 g/mol. The Labute approximate surface area is 190 Å². The van der Waals surface area contributed by atoms with Gasteiger partial charge in [-0.05, 0) is 42.2 Å². The molecule has 3 amide bonds. The quantitative estimate of drug-likeness (QED) is 0.584. The second-order valence-corrected chi connectivity index (χ2v) is 8.26. The number of ether oxygens (including phenoxy) is 1. The van der Waals surface area contributed by atoms with Crippen molar-refractivity contribution >= 4 is 35.2 Å². The summed E-state index contributed by atoms with van der Waals surface area (Å²) in [6.45, 7) is 3.24. The Bertz CT molecular complexity index is 988. The van der Waals surface area contributed by atoms with Gasteiger partial charge >= 0.3 is 12.0 Å². The summed E-state index contributed by atoms with van der Waals surface area (Å²) in [5.41, 5.74) is 6.64. The lowest BCUT2D eigenvalue weighted by Gasteiger charge is -2.21. The van der Waals surface area contributed by atoms with Crippen molar-refractivity contribution in [3.63, 3.8) is 0 Å². The Morgan fingerprint density at radius 2 is 2.00 bits per heavy atom. The van der Waals surface area contributed by atoms with Crippen LogP contribution in [0.15, 0.2) is 52.2 Å². The van der Waals surface area contributed by atoms with Gasteiger partial charge in [0.2, 0.25) is 0 Å². The molecule has 0 fully saturated rings. The number of hydrogen-bond acceptors (Lipinski definition) is 6. The molecule has 2 heterocycles. The first-order chi connectivity index (χ1) is 15.2. The Balaban J connectivity index is 1.73. The molecular weight excluding hydrogens is 436 g/mol. The molecule has 1 aromatic carbocycles. The fraction of sp³-hybridized carbons (Fsp3) is 0.364. The Morgan fingerprint density at radius 3 is 2.59 bits per heavy atom. The zero-order valence-corrected chi connectivity index (χ0v) is 18.5. The number of hydrogen-bond donors (Lipinski definition) is 2. The molecule has 170 valence electrons. The third-order valence-corrected chi connectivity index (χ3v) is 5.11. The Hall–Kier alpha value is -3.33. The van der Waals surface area contributed by atoms with Crippen molar-refractivity contribution < 1.29 is 23.5 Å². The SMILES string of the molecule is CC(C)CC(NC(N)=O)C(=O)OCC(=O)N1N=C(c2ccc(Cl)cc2)CC1c1ccco1. The Kier molecular flexibility index (Phi) is 7.53. The molecule has 3 N–H and O–H groups in total. The minimum Gasteiger partial charge on any atom is -0.467 e.